The maximum absolute atomic E-state index is 6.44. The van der Waals surface area contributed by atoms with Crippen LogP contribution in [0.5, 0.6) is 0 Å². The highest BCUT2D eigenvalue weighted by atomic mass is 15.2. The summed E-state index contributed by atoms with van der Waals surface area (Å²) < 4.78 is 0. The first-order valence-electron chi connectivity index (χ1n) is 8.61. The smallest absolute Gasteiger partial charge is 0.0252 e. The second-order valence-electron chi connectivity index (χ2n) is 6.74. The highest BCUT2D eigenvalue weighted by Gasteiger charge is 2.32. The molecular weight excluding hydrogens is 232 g/mol. The largest absolute Gasteiger partial charge is 0.326 e. The van der Waals surface area contributed by atoms with Crippen LogP contribution < -0.4 is 5.73 Å². The van der Waals surface area contributed by atoms with Crippen LogP contribution in [0.15, 0.2) is 0 Å². The second kappa shape index (κ2) is 8.97. The van der Waals surface area contributed by atoms with Crippen LogP contribution in [0.25, 0.3) is 0 Å². The fourth-order valence-electron chi connectivity index (χ4n) is 3.66. The van der Waals surface area contributed by atoms with Crippen molar-refractivity contribution in [3.8, 4) is 0 Å². The minimum Gasteiger partial charge on any atom is -0.326 e. The van der Waals surface area contributed by atoms with Gasteiger partial charge in [-0.05, 0) is 52.0 Å². The average Bonchev–Trinajstić information content (AvgIpc) is 2.37. The molecule has 0 bridgehead atoms. The summed E-state index contributed by atoms with van der Waals surface area (Å²) in [4.78, 5) is 2.70. The zero-order valence-corrected chi connectivity index (χ0v) is 13.7. The van der Waals surface area contributed by atoms with Crippen LogP contribution in [0, 0.1) is 5.92 Å². The summed E-state index contributed by atoms with van der Waals surface area (Å²) in [7, 11) is 0. The van der Waals surface area contributed by atoms with Crippen LogP contribution in [-0.4, -0.2) is 29.6 Å². The summed E-state index contributed by atoms with van der Waals surface area (Å²) in [6, 6.07) is 1.66. The molecule has 1 saturated carbocycles. The summed E-state index contributed by atoms with van der Waals surface area (Å²) >= 11 is 0. The van der Waals surface area contributed by atoms with E-state index in [1.807, 2.05) is 0 Å². The van der Waals surface area contributed by atoms with Gasteiger partial charge in [-0.3, -0.25) is 4.90 Å². The molecule has 0 heterocycles. The molecule has 19 heavy (non-hydrogen) atoms. The van der Waals surface area contributed by atoms with Crippen LogP contribution in [0.3, 0.4) is 0 Å². The summed E-state index contributed by atoms with van der Waals surface area (Å²) in [5.41, 5.74) is 6.44. The third-order valence-corrected chi connectivity index (χ3v) is 4.78. The molecular formula is C17H36N2. The molecule has 2 heteroatoms. The third-order valence-electron chi connectivity index (χ3n) is 4.78. The number of hydrogen-bond acceptors (Lipinski definition) is 2. The third kappa shape index (κ3) is 5.43. The number of nitrogens with two attached hydrogens (primary N) is 1. The molecule has 2 N–H and O–H groups in total. The Morgan fingerprint density at radius 2 is 1.84 bits per heavy atom. The molecule has 1 fully saturated rings. The molecule has 0 aliphatic heterocycles. The number of rotatable bonds is 8. The molecule has 3 atom stereocenters. The Balaban J connectivity index is 2.58. The molecule has 3 unspecified atom stereocenters. The Morgan fingerprint density at radius 1 is 1.11 bits per heavy atom. The highest BCUT2D eigenvalue weighted by Crippen LogP contribution is 2.31. The van der Waals surface area contributed by atoms with E-state index in [0.717, 1.165) is 5.92 Å². The first-order valence-corrected chi connectivity index (χ1v) is 8.61. The van der Waals surface area contributed by atoms with Crippen molar-refractivity contribution in [1.82, 2.24) is 4.90 Å². The summed E-state index contributed by atoms with van der Waals surface area (Å²) in [6.07, 6.45) is 10.6. The van der Waals surface area contributed by atoms with Gasteiger partial charge >= 0.3 is 0 Å². The predicted octanol–water partition coefficient (Wildman–Crippen LogP) is 4.18. The van der Waals surface area contributed by atoms with Gasteiger partial charge < -0.3 is 5.73 Å². The molecule has 1 aliphatic carbocycles. The van der Waals surface area contributed by atoms with Crippen molar-refractivity contribution in [3.05, 3.63) is 0 Å². The molecule has 0 saturated heterocycles. The predicted molar refractivity (Wildman–Crippen MR) is 85.4 cm³/mol. The second-order valence-corrected chi connectivity index (χ2v) is 6.74. The number of nitrogens with zero attached hydrogens (tertiary/aromatic N) is 1. The van der Waals surface area contributed by atoms with Gasteiger partial charge in [0.2, 0.25) is 0 Å². The Bertz CT molecular complexity index is 227. The molecule has 1 rings (SSSR count). The van der Waals surface area contributed by atoms with Crippen molar-refractivity contribution in [3.63, 3.8) is 0 Å². The van der Waals surface area contributed by atoms with Crippen molar-refractivity contribution < 1.29 is 0 Å². The Labute approximate surface area is 121 Å². The molecule has 0 aromatic carbocycles. The van der Waals surface area contributed by atoms with Crippen LogP contribution in [0.4, 0.5) is 0 Å². The van der Waals surface area contributed by atoms with Gasteiger partial charge in [0.15, 0.2) is 0 Å². The summed E-state index contributed by atoms with van der Waals surface area (Å²) in [5.74, 6) is 0.919. The zero-order chi connectivity index (χ0) is 14.3. The Morgan fingerprint density at radius 3 is 2.42 bits per heavy atom. The molecule has 2 nitrogen and oxygen atoms in total. The van der Waals surface area contributed by atoms with E-state index < -0.39 is 0 Å². The fourth-order valence-corrected chi connectivity index (χ4v) is 3.66. The number of hydrogen-bond donors (Lipinski definition) is 1. The lowest BCUT2D eigenvalue weighted by atomic mass is 9.79. The van der Waals surface area contributed by atoms with Gasteiger partial charge in [-0.1, -0.05) is 39.5 Å². The average molecular weight is 268 g/mol. The Hall–Kier alpha value is -0.0800. The van der Waals surface area contributed by atoms with E-state index in [-0.39, 0.29) is 0 Å². The van der Waals surface area contributed by atoms with Crippen molar-refractivity contribution in [1.29, 1.82) is 0 Å². The van der Waals surface area contributed by atoms with Gasteiger partial charge in [0.25, 0.3) is 0 Å². The van der Waals surface area contributed by atoms with Crippen molar-refractivity contribution >= 4 is 0 Å². The van der Waals surface area contributed by atoms with Gasteiger partial charge in [0.05, 0.1) is 0 Å². The molecule has 0 aromatic rings. The lowest BCUT2D eigenvalue weighted by Gasteiger charge is -2.43. The fraction of sp³-hybridized carbons (Fsp3) is 1.00. The quantitative estimate of drug-likeness (QED) is 0.669. The standard InChI is InChI=1S/C17H36N2/c1-5-7-8-12-19(14(3)4)17-13-15(9-6-2)10-11-16(17)18/h14-17H,5-13,18H2,1-4H3. The summed E-state index contributed by atoms with van der Waals surface area (Å²) in [6.45, 7) is 10.5. The van der Waals surface area contributed by atoms with Crippen molar-refractivity contribution in [2.24, 2.45) is 11.7 Å². The van der Waals surface area contributed by atoms with Crippen LogP contribution >= 0.6 is 0 Å². The van der Waals surface area contributed by atoms with Crippen molar-refractivity contribution in [2.45, 2.75) is 97.2 Å². The van der Waals surface area contributed by atoms with Crippen LogP contribution in [0.1, 0.15) is 79.1 Å². The van der Waals surface area contributed by atoms with Gasteiger partial charge in [-0.25, -0.2) is 0 Å². The van der Waals surface area contributed by atoms with E-state index in [0.29, 0.717) is 18.1 Å². The zero-order valence-electron chi connectivity index (χ0n) is 13.7. The highest BCUT2D eigenvalue weighted by molar-refractivity contribution is 4.90. The Kier molecular flexibility index (Phi) is 8.01. The lowest BCUT2D eigenvalue weighted by molar-refractivity contribution is 0.0797. The van der Waals surface area contributed by atoms with Crippen LogP contribution in [-0.2, 0) is 0 Å². The van der Waals surface area contributed by atoms with Gasteiger partial charge in [0, 0.05) is 18.1 Å². The van der Waals surface area contributed by atoms with Gasteiger partial charge in [-0.15, -0.1) is 0 Å². The van der Waals surface area contributed by atoms with E-state index in [1.54, 1.807) is 0 Å². The maximum Gasteiger partial charge on any atom is 0.0252 e. The molecule has 0 spiro atoms. The molecule has 0 aromatic heterocycles. The monoisotopic (exact) mass is 268 g/mol. The maximum atomic E-state index is 6.44. The van der Waals surface area contributed by atoms with E-state index in [9.17, 15) is 0 Å². The van der Waals surface area contributed by atoms with Crippen molar-refractivity contribution in [2.75, 3.05) is 6.54 Å². The van der Waals surface area contributed by atoms with Gasteiger partial charge in [0.1, 0.15) is 0 Å². The van der Waals surface area contributed by atoms with E-state index in [2.05, 4.69) is 32.6 Å². The van der Waals surface area contributed by atoms with E-state index >= 15 is 0 Å². The lowest BCUT2D eigenvalue weighted by Crippen LogP contribution is -2.53. The first-order chi connectivity index (χ1) is 9.10. The molecule has 114 valence electrons. The SMILES string of the molecule is CCCCCN(C(C)C)C1CC(CCC)CCC1N. The topological polar surface area (TPSA) is 29.3 Å². The van der Waals surface area contributed by atoms with E-state index in [1.165, 1.54) is 57.9 Å². The molecule has 0 radical (unpaired) electrons. The van der Waals surface area contributed by atoms with E-state index in [4.69, 9.17) is 5.73 Å². The van der Waals surface area contributed by atoms with Crippen LogP contribution in [0.2, 0.25) is 0 Å². The van der Waals surface area contributed by atoms with Gasteiger partial charge in [-0.2, -0.15) is 0 Å². The minimum atomic E-state index is 0.400. The summed E-state index contributed by atoms with van der Waals surface area (Å²) in [5, 5.41) is 0. The minimum absolute atomic E-state index is 0.400. The number of unbranched alkanes of at least 4 members (excludes halogenated alkanes) is 2. The first kappa shape index (κ1) is 17.0. The molecule has 1 aliphatic rings. The normalized spacial score (nSPS) is 28.3. The molecule has 0 amide bonds.